The minimum Gasteiger partial charge on any atom is -0.497 e. The Morgan fingerprint density at radius 1 is 1.10 bits per heavy atom. The van der Waals surface area contributed by atoms with Crippen LogP contribution >= 0.6 is 11.3 Å². The number of hydrogen-bond donors (Lipinski definition) is 1. The predicted molar refractivity (Wildman–Crippen MR) is 122 cm³/mol. The van der Waals surface area contributed by atoms with Crippen molar-refractivity contribution < 1.29 is 14.3 Å². The molecule has 2 heterocycles. The number of benzene rings is 2. The molecule has 1 N–H and O–H groups in total. The molecule has 6 heteroatoms. The molecule has 1 fully saturated rings. The van der Waals surface area contributed by atoms with Gasteiger partial charge in [-0.05, 0) is 65.6 Å². The predicted octanol–water partition coefficient (Wildman–Crippen LogP) is 4.63. The summed E-state index contributed by atoms with van der Waals surface area (Å²) in [5.74, 6) is 0.654. The molecule has 0 radical (unpaired) electrons. The number of nitrogens with one attached hydrogen (secondary N) is 1. The Morgan fingerprint density at radius 3 is 2.48 bits per heavy atom. The molecular formula is C25H26N2O3S. The van der Waals surface area contributed by atoms with Crippen LogP contribution in [0.25, 0.3) is 0 Å². The molecule has 4 rings (SSSR count). The van der Waals surface area contributed by atoms with Crippen molar-refractivity contribution in [1.82, 2.24) is 10.2 Å². The highest BCUT2D eigenvalue weighted by Crippen LogP contribution is 2.34. The molecular weight excluding hydrogens is 408 g/mol. The third kappa shape index (κ3) is 4.64. The summed E-state index contributed by atoms with van der Waals surface area (Å²) in [6, 6.07) is 17.8. The maximum absolute atomic E-state index is 13.6. The SMILES string of the molecule is COc1ccc(C(=O)NC(C(=O)N2CC(c3ccsc3)CC2C)c2ccccc2)cc1. The minimum atomic E-state index is -0.737. The zero-order valence-corrected chi connectivity index (χ0v) is 18.5. The molecule has 31 heavy (non-hydrogen) atoms. The van der Waals surface area contributed by atoms with E-state index in [-0.39, 0.29) is 17.9 Å². The van der Waals surface area contributed by atoms with Crippen LogP contribution in [-0.2, 0) is 4.79 Å². The van der Waals surface area contributed by atoms with E-state index in [9.17, 15) is 9.59 Å². The van der Waals surface area contributed by atoms with E-state index in [0.717, 1.165) is 12.0 Å². The van der Waals surface area contributed by atoms with E-state index in [1.54, 1.807) is 42.7 Å². The van der Waals surface area contributed by atoms with Crippen molar-refractivity contribution in [2.24, 2.45) is 0 Å². The number of nitrogens with zero attached hydrogens (tertiary/aromatic N) is 1. The molecule has 1 aliphatic rings. The molecule has 1 saturated heterocycles. The first-order chi connectivity index (χ1) is 15.1. The molecule has 0 aliphatic carbocycles. The zero-order chi connectivity index (χ0) is 21.8. The molecule has 3 atom stereocenters. The van der Waals surface area contributed by atoms with Crippen LogP contribution < -0.4 is 10.1 Å². The average Bonchev–Trinajstić information content (AvgIpc) is 3.47. The van der Waals surface area contributed by atoms with E-state index in [0.29, 0.717) is 23.8 Å². The summed E-state index contributed by atoms with van der Waals surface area (Å²) < 4.78 is 5.17. The van der Waals surface area contributed by atoms with Gasteiger partial charge in [-0.2, -0.15) is 11.3 Å². The number of carbonyl (C=O) groups is 2. The minimum absolute atomic E-state index is 0.0710. The number of rotatable bonds is 6. The molecule has 2 aromatic carbocycles. The van der Waals surface area contributed by atoms with Gasteiger partial charge in [0.2, 0.25) is 5.91 Å². The van der Waals surface area contributed by atoms with Crippen molar-refractivity contribution in [2.45, 2.75) is 31.3 Å². The van der Waals surface area contributed by atoms with Gasteiger partial charge >= 0.3 is 0 Å². The zero-order valence-electron chi connectivity index (χ0n) is 17.7. The summed E-state index contributed by atoms with van der Waals surface area (Å²) in [6.07, 6.45) is 0.927. The van der Waals surface area contributed by atoms with Gasteiger partial charge in [-0.15, -0.1) is 0 Å². The van der Waals surface area contributed by atoms with Crippen LogP contribution in [0.1, 0.15) is 46.8 Å². The summed E-state index contributed by atoms with van der Waals surface area (Å²) in [7, 11) is 1.58. The average molecular weight is 435 g/mol. The Balaban J connectivity index is 1.56. The van der Waals surface area contributed by atoms with Crippen molar-refractivity contribution in [3.05, 3.63) is 88.1 Å². The van der Waals surface area contributed by atoms with Crippen LogP contribution in [0.15, 0.2) is 71.4 Å². The molecule has 160 valence electrons. The second kappa shape index (κ2) is 9.35. The van der Waals surface area contributed by atoms with Crippen molar-refractivity contribution in [3.8, 4) is 5.75 Å². The number of likely N-dealkylation sites (tertiary alicyclic amines) is 1. The maximum Gasteiger partial charge on any atom is 0.252 e. The highest BCUT2D eigenvalue weighted by atomic mass is 32.1. The Bertz CT molecular complexity index is 1020. The lowest BCUT2D eigenvalue weighted by Crippen LogP contribution is -2.44. The van der Waals surface area contributed by atoms with E-state index in [4.69, 9.17) is 4.74 Å². The first-order valence-corrected chi connectivity index (χ1v) is 11.3. The maximum atomic E-state index is 13.6. The van der Waals surface area contributed by atoms with Gasteiger partial charge < -0.3 is 15.0 Å². The summed E-state index contributed by atoms with van der Waals surface area (Å²) in [6.45, 7) is 2.75. The Labute approximate surface area is 186 Å². The summed E-state index contributed by atoms with van der Waals surface area (Å²) in [4.78, 5) is 28.5. The van der Waals surface area contributed by atoms with Gasteiger partial charge in [0.15, 0.2) is 0 Å². The highest BCUT2D eigenvalue weighted by molar-refractivity contribution is 7.08. The lowest BCUT2D eigenvalue weighted by Gasteiger charge is -2.28. The number of hydrogen-bond acceptors (Lipinski definition) is 4. The van der Waals surface area contributed by atoms with Gasteiger partial charge in [-0.25, -0.2) is 0 Å². The normalized spacial score (nSPS) is 19.1. The van der Waals surface area contributed by atoms with Crippen LogP contribution in [0.5, 0.6) is 5.75 Å². The lowest BCUT2D eigenvalue weighted by atomic mass is 10.00. The van der Waals surface area contributed by atoms with Crippen LogP contribution in [0.3, 0.4) is 0 Å². The smallest absolute Gasteiger partial charge is 0.252 e. The first kappa shape index (κ1) is 21.1. The molecule has 0 bridgehead atoms. The Morgan fingerprint density at radius 2 is 1.84 bits per heavy atom. The Kier molecular flexibility index (Phi) is 6.37. The number of carbonyl (C=O) groups excluding carboxylic acids is 2. The number of ether oxygens (including phenoxy) is 1. The van der Waals surface area contributed by atoms with E-state index in [1.165, 1.54) is 5.56 Å². The third-order valence-corrected chi connectivity index (χ3v) is 6.58. The quantitative estimate of drug-likeness (QED) is 0.615. The van der Waals surface area contributed by atoms with Gasteiger partial charge in [0.25, 0.3) is 5.91 Å². The van der Waals surface area contributed by atoms with E-state index >= 15 is 0 Å². The van der Waals surface area contributed by atoms with Gasteiger partial charge in [-0.3, -0.25) is 9.59 Å². The molecule has 1 aromatic heterocycles. The first-order valence-electron chi connectivity index (χ1n) is 10.4. The highest BCUT2D eigenvalue weighted by Gasteiger charge is 2.37. The summed E-state index contributed by atoms with van der Waals surface area (Å²) >= 11 is 1.68. The number of methoxy groups -OCH3 is 1. The topological polar surface area (TPSA) is 58.6 Å². The standard InChI is InChI=1S/C25H26N2O3S/c1-17-14-21(20-12-13-31-16-20)15-27(17)25(29)23(18-6-4-3-5-7-18)26-24(28)19-8-10-22(30-2)11-9-19/h3-13,16-17,21,23H,14-15H2,1-2H3,(H,26,28). The Hall–Kier alpha value is -3.12. The van der Waals surface area contributed by atoms with Crippen LogP contribution in [-0.4, -0.2) is 36.4 Å². The van der Waals surface area contributed by atoms with Crippen molar-refractivity contribution >= 4 is 23.2 Å². The fourth-order valence-electron chi connectivity index (χ4n) is 4.14. The van der Waals surface area contributed by atoms with E-state index in [2.05, 4.69) is 29.1 Å². The summed E-state index contributed by atoms with van der Waals surface area (Å²) in [5, 5.41) is 7.20. The van der Waals surface area contributed by atoms with Crippen molar-refractivity contribution in [1.29, 1.82) is 0 Å². The monoisotopic (exact) mass is 434 g/mol. The second-order valence-electron chi connectivity index (χ2n) is 7.87. The number of thiophene rings is 1. The lowest BCUT2D eigenvalue weighted by molar-refractivity contribution is -0.134. The third-order valence-electron chi connectivity index (χ3n) is 5.88. The molecule has 2 amide bonds. The second-order valence-corrected chi connectivity index (χ2v) is 8.65. The van der Waals surface area contributed by atoms with Gasteiger partial charge in [-0.1, -0.05) is 30.3 Å². The van der Waals surface area contributed by atoms with Crippen LogP contribution in [0.4, 0.5) is 0 Å². The van der Waals surface area contributed by atoms with Crippen molar-refractivity contribution in [2.75, 3.05) is 13.7 Å². The molecule has 1 aliphatic heterocycles. The van der Waals surface area contributed by atoms with Crippen LogP contribution in [0, 0.1) is 0 Å². The largest absolute Gasteiger partial charge is 0.497 e. The molecule has 0 spiro atoms. The van der Waals surface area contributed by atoms with Crippen molar-refractivity contribution in [3.63, 3.8) is 0 Å². The number of amides is 2. The molecule has 0 saturated carbocycles. The fourth-order valence-corrected chi connectivity index (χ4v) is 4.89. The fraction of sp³-hybridized carbons (Fsp3) is 0.280. The van der Waals surface area contributed by atoms with E-state index in [1.807, 2.05) is 35.2 Å². The molecule has 3 unspecified atom stereocenters. The van der Waals surface area contributed by atoms with E-state index < -0.39 is 6.04 Å². The van der Waals surface area contributed by atoms with Gasteiger partial charge in [0, 0.05) is 24.1 Å². The van der Waals surface area contributed by atoms with Gasteiger partial charge in [0.05, 0.1) is 7.11 Å². The van der Waals surface area contributed by atoms with Gasteiger partial charge in [0.1, 0.15) is 11.8 Å². The summed E-state index contributed by atoms with van der Waals surface area (Å²) in [5.41, 5.74) is 2.55. The molecule has 5 nitrogen and oxygen atoms in total. The molecule has 3 aromatic rings. The van der Waals surface area contributed by atoms with Crippen LogP contribution in [0.2, 0.25) is 0 Å².